The highest BCUT2D eigenvalue weighted by Gasteiger charge is 2.43. The first kappa shape index (κ1) is 14.0. The molecule has 1 aromatic carbocycles. The van der Waals surface area contributed by atoms with E-state index < -0.39 is 5.60 Å². The molecule has 18 heavy (non-hydrogen) atoms. The Morgan fingerprint density at radius 1 is 1.50 bits per heavy atom. The van der Waals surface area contributed by atoms with Crippen molar-refractivity contribution < 1.29 is 14.2 Å². The first-order valence-electron chi connectivity index (χ1n) is 6.20. The van der Waals surface area contributed by atoms with Crippen LogP contribution < -0.4 is 0 Å². The SMILES string of the molecule is CCC1(C)CC(O)(c2cc(Br)ccc2F)CCO1. The highest BCUT2D eigenvalue weighted by Crippen LogP contribution is 2.42. The molecule has 0 spiro atoms. The van der Waals surface area contributed by atoms with Crippen LogP contribution in [-0.2, 0) is 10.3 Å². The maximum absolute atomic E-state index is 13.9. The van der Waals surface area contributed by atoms with Crippen molar-refractivity contribution >= 4 is 15.9 Å². The van der Waals surface area contributed by atoms with E-state index in [0.29, 0.717) is 25.0 Å². The molecule has 0 aromatic heterocycles. The molecule has 100 valence electrons. The van der Waals surface area contributed by atoms with E-state index in [0.717, 1.165) is 10.9 Å². The fourth-order valence-corrected chi connectivity index (χ4v) is 2.90. The van der Waals surface area contributed by atoms with Crippen molar-refractivity contribution in [1.82, 2.24) is 0 Å². The van der Waals surface area contributed by atoms with Crippen LogP contribution in [0, 0.1) is 5.82 Å². The second-order valence-electron chi connectivity index (χ2n) is 5.23. The zero-order valence-corrected chi connectivity index (χ0v) is 12.3. The zero-order valence-electron chi connectivity index (χ0n) is 10.7. The van der Waals surface area contributed by atoms with Gasteiger partial charge in [-0.3, -0.25) is 0 Å². The Balaban J connectivity index is 2.38. The molecule has 2 unspecified atom stereocenters. The molecule has 1 heterocycles. The van der Waals surface area contributed by atoms with Gasteiger partial charge >= 0.3 is 0 Å². The van der Waals surface area contributed by atoms with E-state index >= 15 is 0 Å². The highest BCUT2D eigenvalue weighted by molar-refractivity contribution is 9.10. The fourth-order valence-electron chi connectivity index (χ4n) is 2.54. The molecule has 0 radical (unpaired) electrons. The second kappa shape index (κ2) is 4.91. The third-order valence-electron chi connectivity index (χ3n) is 3.81. The Bertz CT molecular complexity index is 451. The van der Waals surface area contributed by atoms with Crippen molar-refractivity contribution in [2.24, 2.45) is 0 Å². The van der Waals surface area contributed by atoms with Gasteiger partial charge in [0.15, 0.2) is 0 Å². The summed E-state index contributed by atoms with van der Waals surface area (Å²) in [5.41, 5.74) is -1.17. The Morgan fingerprint density at radius 2 is 2.22 bits per heavy atom. The summed E-state index contributed by atoms with van der Waals surface area (Å²) in [6.45, 7) is 4.43. The molecular formula is C14H18BrFO2. The molecule has 2 nitrogen and oxygen atoms in total. The monoisotopic (exact) mass is 316 g/mol. The molecule has 4 heteroatoms. The number of halogens is 2. The van der Waals surface area contributed by atoms with Gasteiger partial charge in [-0.2, -0.15) is 0 Å². The van der Waals surface area contributed by atoms with Crippen LogP contribution in [0.25, 0.3) is 0 Å². The molecule has 1 fully saturated rings. The third-order valence-corrected chi connectivity index (χ3v) is 4.30. The highest BCUT2D eigenvalue weighted by atomic mass is 79.9. The van der Waals surface area contributed by atoms with Gasteiger partial charge in [-0.15, -0.1) is 0 Å². The van der Waals surface area contributed by atoms with Crippen LogP contribution in [0.2, 0.25) is 0 Å². The average molecular weight is 317 g/mol. The quantitative estimate of drug-likeness (QED) is 0.900. The summed E-state index contributed by atoms with van der Waals surface area (Å²) in [6, 6.07) is 4.69. The largest absolute Gasteiger partial charge is 0.385 e. The molecule has 1 aliphatic rings. The predicted octanol–water partition coefficient (Wildman–Crippen LogP) is 3.75. The second-order valence-corrected chi connectivity index (χ2v) is 6.15. The topological polar surface area (TPSA) is 29.5 Å². The maximum atomic E-state index is 13.9. The predicted molar refractivity (Wildman–Crippen MR) is 71.9 cm³/mol. The van der Waals surface area contributed by atoms with Crippen LogP contribution in [0.5, 0.6) is 0 Å². The Kier molecular flexibility index (Phi) is 3.81. The minimum Gasteiger partial charge on any atom is -0.385 e. The summed E-state index contributed by atoms with van der Waals surface area (Å²) in [5, 5.41) is 10.8. The number of benzene rings is 1. The van der Waals surface area contributed by atoms with Crippen molar-refractivity contribution in [3.63, 3.8) is 0 Å². The summed E-state index contributed by atoms with van der Waals surface area (Å²) < 4.78 is 20.4. The Hall–Kier alpha value is -0.450. The van der Waals surface area contributed by atoms with Gasteiger partial charge in [0.05, 0.1) is 17.8 Å². The first-order chi connectivity index (χ1) is 8.38. The Labute approximate surface area is 115 Å². The van der Waals surface area contributed by atoms with E-state index in [2.05, 4.69) is 15.9 Å². The number of hydrogen-bond donors (Lipinski definition) is 1. The summed E-state index contributed by atoms with van der Waals surface area (Å²) in [4.78, 5) is 0. The van der Waals surface area contributed by atoms with E-state index in [1.54, 1.807) is 12.1 Å². The first-order valence-corrected chi connectivity index (χ1v) is 7.00. The van der Waals surface area contributed by atoms with E-state index in [9.17, 15) is 9.50 Å². The number of rotatable bonds is 2. The third kappa shape index (κ3) is 2.60. The maximum Gasteiger partial charge on any atom is 0.129 e. The van der Waals surface area contributed by atoms with Gasteiger partial charge in [-0.1, -0.05) is 22.9 Å². The molecule has 1 saturated heterocycles. The molecule has 2 atom stereocenters. The summed E-state index contributed by atoms with van der Waals surface area (Å²) in [6.07, 6.45) is 1.64. The normalized spacial score (nSPS) is 32.5. The molecule has 1 aromatic rings. The van der Waals surface area contributed by atoms with Gasteiger partial charge in [-0.25, -0.2) is 4.39 Å². The van der Waals surface area contributed by atoms with E-state index in [1.807, 2.05) is 13.8 Å². The molecule has 1 N–H and O–H groups in total. The lowest BCUT2D eigenvalue weighted by molar-refractivity contribution is -0.158. The molecule has 0 saturated carbocycles. The lowest BCUT2D eigenvalue weighted by Crippen LogP contribution is -2.45. The summed E-state index contributed by atoms with van der Waals surface area (Å²) >= 11 is 3.32. The minimum absolute atomic E-state index is 0.360. The van der Waals surface area contributed by atoms with Gasteiger partial charge in [0.1, 0.15) is 5.82 Å². The molecule has 1 aliphatic heterocycles. The fraction of sp³-hybridized carbons (Fsp3) is 0.571. The lowest BCUT2D eigenvalue weighted by Gasteiger charge is -2.43. The van der Waals surface area contributed by atoms with Gasteiger partial charge < -0.3 is 9.84 Å². The number of aliphatic hydroxyl groups is 1. The summed E-state index contributed by atoms with van der Waals surface area (Å²) in [7, 11) is 0. The lowest BCUT2D eigenvalue weighted by atomic mass is 9.77. The van der Waals surface area contributed by atoms with Gasteiger partial charge in [0.2, 0.25) is 0 Å². The van der Waals surface area contributed by atoms with Crippen LogP contribution >= 0.6 is 15.9 Å². The van der Waals surface area contributed by atoms with Crippen molar-refractivity contribution in [2.45, 2.75) is 44.3 Å². The van der Waals surface area contributed by atoms with Gasteiger partial charge in [-0.05, 0) is 31.5 Å². The average Bonchev–Trinajstić information content (AvgIpc) is 2.32. The standard InChI is InChI=1S/C14H18BrFO2/c1-3-13(2)9-14(17,6-7-18-13)11-8-10(15)4-5-12(11)16/h4-5,8,17H,3,6-7,9H2,1-2H3. The Morgan fingerprint density at radius 3 is 2.89 bits per heavy atom. The van der Waals surface area contributed by atoms with Crippen molar-refractivity contribution in [3.05, 3.63) is 34.1 Å². The van der Waals surface area contributed by atoms with Crippen LogP contribution in [0.3, 0.4) is 0 Å². The van der Waals surface area contributed by atoms with Crippen LogP contribution in [0.15, 0.2) is 22.7 Å². The van der Waals surface area contributed by atoms with E-state index in [1.165, 1.54) is 6.07 Å². The molecular weight excluding hydrogens is 299 g/mol. The number of ether oxygens (including phenoxy) is 1. The zero-order chi connectivity index (χ0) is 13.4. The minimum atomic E-state index is -1.14. The van der Waals surface area contributed by atoms with Crippen molar-refractivity contribution in [3.8, 4) is 0 Å². The van der Waals surface area contributed by atoms with Crippen molar-refractivity contribution in [2.75, 3.05) is 6.61 Å². The van der Waals surface area contributed by atoms with Crippen LogP contribution in [0.1, 0.15) is 38.7 Å². The number of hydrogen-bond acceptors (Lipinski definition) is 2. The molecule has 0 bridgehead atoms. The molecule has 2 rings (SSSR count). The van der Waals surface area contributed by atoms with E-state index in [4.69, 9.17) is 4.74 Å². The summed E-state index contributed by atoms with van der Waals surface area (Å²) in [5.74, 6) is -0.360. The van der Waals surface area contributed by atoms with E-state index in [-0.39, 0.29) is 11.4 Å². The van der Waals surface area contributed by atoms with Gasteiger partial charge in [0.25, 0.3) is 0 Å². The van der Waals surface area contributed by atoms with Crippen LogP contribution in [0.4, 0.5) is 4.39 Å². The van der Waals surface area contributed by atoms with Crippen LogP contribution in [-0.4, -0.2) is 17.3 Å². The van der Waals surface area contributed by atoms with Crippen molar-refractivity contribution in [1.29, 1.82) is 0 Å². The van der Waals surface area contributed by atoms with Gasteiger partial charge in [0, 0.05) is 22.9 Å². The molecule has 0 aliphatic carbocycles. The molecule has 0 amide bonds. The smallest absolute Gasteiger partial charge is 0.129 e.